The molecule has 0 spiro atoms. The second-order valence-corrected chi connectivity index (χ2v) is 8.53. The number of hydrogen-bond donors (Lipinski definition) is 2. The van der Waals surface area contributed by atoms with Gasteiger partial charge in [0.2, 0.25) is 0 Å². The fourth-order valence-electron chi connectivity index (χ4n) is 4.38. The van der Waals surface area contributed by atoms with Crippen LogP contribution in [-0.4, -0.2) is 45.6 Å². The Kier molecular flexibility index (Phi) is 6.82. The lowest BCUT2D eigenvalue weighted by Gasteiger charge is -2.40. The van der Waals surface area contributed by atoms with E-state index in [4.69, 9.17) is 0 Å². The van der Waals surface area contributed by atoms with Gasteiger partial charge in [-0.1, -0.05) is 6.07 Å². The van der Waals surface area contributed by atoms with E-state index in [9.17, 15) is 37.1 Å². The highest BCUT2D eigenvalue weighted by molar-refractivity contribution is 6.10. The van der Waals surface area contributed by atoms with Crippen molar-refractivity contribution in [3.05, 3.63) is 93.5 Å². The van der Waals surface area contributed by atoms with Gasteiger partial charge >= 0.3 is 0 Å². The molecule has 7 nitrogen and oxygen atoms in total. The number of piperazine rings is 1. The Hall–Kier alpha value is -4.15. The monoisotopic (exact) mass is 503 g/mol. The lowest BCUT2D eigenvalue weighted by atomic mass is 10.00. The highest BCUT2D eigenvalue weighted by Gasteiger charge is 2.39. The van der Waals surface area contributed by atoms with E-state index in [1.54, 1.807) is 6.07 Å². The van der Waals surface area contributed by atoms with Crippen molar-refractivity contribution in [2.45, 2.75) is 32.5 Å². The topological polar surface area (TPSA) is 90.0 Å². The fraction of sp³-hybridized carbons (Fsp3) is 0.240. The number of allylic oxidation sites excluding steroid dienone is 1. The molecule has 0 unspecified atom stereocenters. The molecular formula is C25H21F4N3O4. The first-order chi connectivity index (χ1) is 17.1. The molecule has 1 atom stereocenters. The zero-order chi connectivity index (χ0) is 26.1. The number of rotatable bonds is 5. The van der Waals surface area contributed by atoms with Crippen molar-refractivity contribution in [1.29, 1.82) is 0 Å². The Bertz CT molecular complexity index is 1300. The lowest BCUT2D eigenvalue weighted by Crippen LogP contribution is -2.52. The summed E-state index contributed by atoms with van der Waals surface area (Å²) < 4.78 is 54.7. The van der Waals surface area contributed by atoms with E-state index in [1.165, 1.54) is 28.9 Å². The first-order valence-corrected chi connectivity index (χ1v) is 10.9. The van der Waals surface area contributed by atoms with E-state index in [-0.39, 0.29) is 30.8 Å². The second-order valence-electron chi connectivity index (χ2n) is 8.53. The molecule has 0 aromatic heterocycles. The molecule has 2 heterocycles. The van der Waals surface area contributed by atoms with Gasteiger partial charge in [0, 0.05) is 43.5 Å². The van der Waals surface area contributed by atoms with E-state index in [2.05, 4.69) is 5.32 Å². The van der Waals surface area contributed by atoms with Gasteiger partial charge in [-0.2, -0.15) is 0 Å². The van der Waals surface area contributed by atoms with Crippen molar-refractivity contribution >= 4 is 18.1 Å². The Morgan fingerprint density at radius 3 is 2.44 bits per heavy atom. The molecule has 2 aliphatic heterocycles. The molecular weight excluding hydrogens is 482 g/mol. The number of benzene rings is 2. The minimum atomic E-state index is -1.21. The summed E-state index contributed by atoms with van der Waals surface area (Å²) >= 11 is 0. The van der Waals surface area contributed by atoms with Gasteiger partial charge in [-0.05, 0) is 36.6 Å². The highest BCUT2D eigenvalue weighted by Crippen LogP contribution is 2.31. The summed E-state index contributed by atoms with van der Waals surface area (Å²) in [7, 11) is 0. The number of aldehydes is 1. The van der Waals surface area contributed by atoms with Crippen molar-refractivity contribution in [1.82, 2.24) is 15.1 Å². The molecule has 188 valence electrons. The number of carbonyl (C=O) groups is 3. The number of halogens is 4. The quantitative estimate of drug-likeness (QED) is 0.164. The maximum absolute atomic E-state index is 13.9. The highest BCUT2D eigenvalue weighted by atomic mass is 19.1. The Morgan fingerprint density at radius 1 is 1.11 bits per heavy atom. The van der Waals surface area contributed by atoms with Gasteiger partial charge in [0.05, 0.1) is 11.6 Å². The summed E-state index contributed by atoms with van der Waals surface area (Å²) in [4.78, 5) is 40.3. The van der Waals surface area contributed by atoms with E-state index in [1.807, 2.05) is 0 Å². The third kappa shape index (κ3) is 4.81. The predicted molar refractivity (Wildman–Crippen MR) is 119 cm³/mol. The lowest BCUT2D eigenvalue weighted by molar-refractivity contribution is -0.133. The van der Waals surface area contributed by atoms with Gasteiger partial charge in [-0.15, -0.1) is 0 Å². The summed E-state index contributed by atoms with van der Waals surface area (Å²) in [5.41, 5.74) is 0.108. The maximum atomic E-state index is 13.9. The van der Waals surface area contributed by atoms with Crippen LogP contribution in [0, 0.1) is 23.3 Å². The van der Waals surface area contributed by atoms with Crippen LogP contribution in [-0.2, 0) is 33.9 Å². The van der Waals surface area contributed by atoms with Crippen molar-refractivity contribution in [2.24, 2.45) is 0 Å². The molecule has 0 aliphatic carbocycles. The van der Waals surface area contributed by atoms with Crippen LogP contribution in [0.5, 0.6) is 0 Å². The van der Waals surface area contributed by atoms with E-state index < -0.39 is 58.8 Å². The number of hydrogen-bond acceptors (Lipinski definition) is 5. The zero-order valence-electron chi connectivity index (χ0n) is 19.0. The minimum absolute atomic E-state index is 0.118. The molecule has 1 fully saturated rings. The molecule has 2 bridgehead atoms. The van der Waals surface area contributed by atoms with Crippen molar-refractivity contribution in [3.63, 3.8) is 0 Å². The number of nitrogens with one attached hydrogen (secondary N) is 1. The van der Waals surface area contributed by atoms with Crippen LogP contribution in [0.2, 0.25) is 0 Å². The largest absolute Gasteiger partial charge is 0.510 e. The standard InChI is InChI=1S/C25H21F4N3O4/c1-13(34)23-25(36)31-9-15-4-17(26)3-2-14(15)5-19(11-31)32(23)10-16(12-33)24(35)30-8-20-21(28)6-18(27)7-22(20)29/h2-4,6-7,10,12,19,34H,5,8-9,11H2,1H3,(H,30,35)/b16-10+,23-13+/t19-/m0/s1. The van der Waals surface area contributed by atoms with Crippen LogP contribution < -0.4 is 5.32 Å². The number of aliphatic hydroxyl groups is 1. The maximum Gasteiger partial charge on any atom is 0.274 e. The van der Waals surface area contributed by atoms with Crippen molar-refractivity contribution < 1.29 is 37.1 Å². The van der Waals surface area contributed by atoms with Gasteiger partial charge < -0.3 is 20.2 Å². The van der Waals surface area contributed by atoms with Crippen LogP contribution in [0.3, 0.4) is 0 Å². The number of carbonyl (C=O) groups excluding carboxylic acids is 3. The van der Waals surface area contributed by atoms with Crippen LogP contribution >= 0.6 is 0 Å². The average molecular weight is 503 g/mol. The third-order valence-corrected chi connectivity index (χ3v) is 6.10. The van der Waals surface area contributed by atoms with Crippen LogP contribution in [0.25, 0.3) is 0 Å². The van der Waals surface area contributed by atoms with E-state index >= 15 is 0 Å². The van der Waals surface area contributed by atoms with Crippen LogP contribution in [0.4, 0.5) is 17.6 Å². The second kappa shape index (κ2) is 9.84. The normalized spacial score (nSPS) is 19.0. The van der Waals surface area contributed by atoms with Crippen molar-refractivity contribution in [3.8, 4) is 0 Å². The Morgan fingerprint density at radius 2 is 1.81 bits per heavy atom. The third-order valence-electron chi connectivity index (χ3n) is 6.10. The minimum Gasteiger partial charge on any atom is -0.510 e. The van der Waals surface area contributed by atoms with E-state index in [0.717, 1.165) is 11.8 Å². The Balaban J connectivity index is 1.65. The molecule has 11 heteroatoms. The molecule has 1 saturated heterocycles. The summed E-state index contributed by atoms with van der Waals surface area (Å²) in [5, 5.41) is 12.5. The van der Waals surface area contributed by atoms with Gasteiger partial charge in [-0.25, -0.2) is 17.6 Å². The number of fused-ring (bicyclic) bond motifs is 3. The van der Waals surface area contributed by atoms with Crippen molar-refractivity contribution in [2.75, 3.05) is 6.54 Å². The first kappa shape index (κ1) is 25.0. The summed E-state index contributed by atoms with van der Waals surface area (Å²) in [6.07, 6.45) is 1.60. The van der Waals surface area contributed by atoms with E-state index in [0.29, 0.717) is 24.1 Å². The molecule has 0 saturated carbocycles. The molecule has 36 heavy (non-hydrogen) atoms. The molecule has 2 amide bonds. The Labute approximate surface area is 203 Å². The van der Waals surface area contributed by atoms with Crippen LogP contribution in [0.15, 0.2) is 53.6 Å². The van der Waals surface area contributed by atoms with Crippen LogP contribution in [0.1, 0.15) is 23.6 Å². The smallest absolute Gasteiger partial charge is 0.274 e. The molecule has 2 N–H and O–H groups in total. The first-order valence-electron chi connectivity index (χ1n) is 10.9. The molecule has 4 rings (SSSR count). The molecule has 2 aromatic rings. The van der Waals surface area contributed by atoms with Gasteiger partial charge in [0.15, 0.2) is 6.29 Å². The van der Waals surface area contributed by atoms with Gasteiger partial charge in [0.25, 0.3) is 11.8 Å². The number of aliphatic hydroxyl groups excluding tert-OH is 1. The summed E-state index contributed by atoms with van der Waals surface area (Å²) in [6.45, 7) is 0.896. The average Bonchev–Trinajstić information content (AvgIpc) is 2.97. The summed E-state index contributed by atoms with van der Waals surface area (Å²) in [5.74, 6) is -5.94. The molecule has 2 aliphatic rings. The molecule has 2 aromatic carbocycles. The molecule has 0 radical (unpaired) electrons. The number of nitrogens with zero attached hydrogens (tertiary/aromatic N) is 2. The summed E-state index contributed by atoms with van der Waals surface area (Å²) in [6, 6.07) is 4.62. The van der Waals surface area contributed by atoms with Gasteiger partial charge in [-0.3, -0.25) is 14.4 Å². The van der Waals surface area contributed by atoms with Gasteiger partial charge in [0.1, 0.15) is 34.7 Å². The SMILES string of the molecule is C/C(O)=C1/C(=O)N2Cc3cc(F)ccc3C[C@@H](C2)N1/C=C(\C=O)C(=O)NCc1c(F)cc(F)cc1F. The number of amides is 2. The zero-order valence-corrected chi connectivity index (χ0v) is 19.0. The fourth-order valence-corrected chi connectivity index (χ4v) is 4.38. The predicted octanol–water partition coefficient (Wildman–Crippen LogP) is 3.00.